The fourth-order valence-corrected chi connectivity index (χ4v) is 3.36. The Balaban J connectivity index is 1.82. The van der Waals surface area contributed by atoms with Gasteiger partial charge in [0.15, 0.2) is 11.5 Å². The van der Waals surface area contributed by atoms with Crippen LogP contribution in [0.5, 0.6) is 0 Å². The largest absolute Gasteiger partial charge is 0.391 e. The number of carbonyl (C=O) groups is 1. The van der Waals surface area contributed by atoms with Crippen molar-refractivity contribution in [3.05, 3.63) is 53.2 Å². The van der Waals surface area contributed by atoms with E-state index in [2.05, 4.69) is 15.2 Å². The Morgan fingerprint density at radius 1 is 1.35 bits per heavy atom. The van der Waals surface area contributed by atoms with E-state index < -0.39 is 29.7 Å². The zero-order chi connectivity index (χ0) is 18.4. The molecule has 0 radical (unpaired) electrons. The van der Waals surface area contributed by atoms with Gasteiger partial charge in [-0.05, 0) is 30.7 Å². The Hall–Kier alpha value is -3.07. The van der Waals surface area contributed by atoms with Gasteiger partial charge >= 0.3 is 0 Å². The number of pyridine rings is 1. The number of benzene rings is 1. The molecule has 3 heterocycles. The summed E-state index contributed by atoms with van der Waals surface area (Å²) in [7, 11) is 0. The number of aromatic nitrogens is 3. The minimum Gasteiger partial charge on any atom is -0.391 e. The van der Waals surface area contributed by atoms with Crippen molar-refractivity contribution < 1.29 is 18.7 Å². The van der Waals surface area contributed by atoms with Gasteiger partial charge < -0.3 is 15.7 Å². The highest BCUT2D eigenvalue weighted by Gasteiger charge is 2.36. The lowest BCUT2D eigenvalue weighted by molar-refractivity contribution is 0.1000. The zero-order valence-electron chi connectivity index (χ0n) is 13.5. The summed E-state index contributed by atoms with van der Waals surface area (Å²) in [4.78, 5) is 17.2. The van der Waals surface area contributed by atoms with E-state index in [0.717, 1.165) is 18.2 Å². The molecule has 134 valence electrons. The number of aromatic amines is 1. The number of halogens is 2. The maximum atomic E-state index is 14.3. The van der Waals surface area contributed by atoms with Crippen molar-refractivity contribution in [1.82, 2.24) is 15.2 Å². The number of aliphatic hydroxyl groups excluding tert-OH is 1. The summed E-state index contributed by atoms with van der Waals surface area (Å²) in [5.41, 5.74) is 6.06. The molecule has 1 aliphatic rings. The van der Waals surface area contributed by atoms with Gasteiger partial charge in [-0.2, -0.15) is 5.10 Å². The van der Waals surface area contributed by atoms with E-state index in [1.165, 1.54) is 12.3 Å². The molecule has 1 aliphatic heterocycles. The molecule has 7 nitrogen and oxygen atoms in total. The second kappa shape index (κ2) is 6.03. The van der Waals surface area contributed by atoms with Crippen LogP contribution in [0.25, 0.3) is 11.0 Å². The van der Waals surface area contributed by atoms with Gasteiger partial charge in [0.05, 0.1) is 23.1 Å². The maximum Gasteiger partial charge on any atom is 0.250 e. The summed E-state index contributed by atoms with van der Waals surface area (Å²) in [6.45, 7) is 0.182. The molecule has 3 aromatic rings. The molecule has 1 amide bonds. The average Bonchev–Trinajstić information content (AvgIpc) is 3.19. The van der Waals surface area contributed by atoms with Crippen LogP contribution in [0.15, 0.2) is 30.5 Å². The van der Waals surface area contributed by atoms with E-state index in [-0.39, 0.29) is 24.1 Å². The van der Waals surface area contributed by atoms with Crippen LogP contribution in [0.4, 0.5) is 14.6 Å². The normalized spacial score (nSPS) is 20.0. The zero-order valence-corrected chi connectivity index (χ0v) is 13.5. The summed E-state index contributed by atoms with van der Waals surface area (Å²) in [5.74, 6) is -1.37. The lowest BCUT2D eigenvalue weighted by Gasteiger charge is -2.25. The lowest BCUT2D eigenvalue weighted by Crippen LogP contribution is -2.25. The number of fused-ring (bicyclic) bond motifs is 1. The fraction of sp³-hybridized carbons (Fsp3) is 0.235. The third-order valence-electron chi connectivity index (χ3n) is 4.55. The van der Waals surface area contributed by atoms with Crippen molar-refractivity contribution in [1.29, 1.82) is 0 Å². The van der Waals surface area contributed by atoms with Gasteiger partial charge in [0.25, 0.3) is 0 Å². The van der Waals surface area contributed by atoms with Crippen LogP contribution in [-0.4, -0.2) is 38.8 Å². The standard InChI is InChI=1S/C17H15F2N5O2/c18-9-1-2-13(19)11(4-9)14-5-10(25)7-24(14)17-12-3-8(15(20)26)6-21-16(12)22-23-17/h1-4,6,10,14,25H,5,7H2,(H2,20,26)(H,21,22,23)/t10-,14?/m0/s1. The Morgan fingerprint density at radius 2 is 2.15 bits per heavy atom. The molecule has 4 rings (SSSR count). The monoisotopic (exact) mass is 359 g/mol. The number of H-pyrrole nitrogens is 1. The number of anilines is 1. The SMILES string of the molecule is NC(=O)c1cnc2[nH]nc(N3C[C@@H](O)CC3c3cc(F)ccc3F)c2c1. The van der Waals surface area contributed by atoms with Crippen LogP contribution in [0.1, 0.15) is 28.4 Å². The number of nitrogens with zero attached hydrogens (tertiary/aromatic N) is 3. The van der Waals surface area contributed by atoms with Gasteiger partial charge in [-0.15, -0.1) is 0 Å². The summed E-state index contributed by atoms with van der Waals surface area (Å²) in [6, 6.07) is 4.15. The molecule has 2 atom stereocenters. The van der Waals surface area contributed by atoms with Gasteiger partial charge in [0.2, 0.25) is 5.91 Å². The minimum absolute atomic E-state index is 0.136. The number of β-amino-alcohol motifs (C(OH)–C–C–N with tert-alkyl or cyclic N) is 1. The van der Waals surface area contributed by atoms with Crippen LogP contribution in [0, 0.1) is 11.6 Å². The molecular formula is C17H15F2N5O2. The van der Waals surface area contributed by atoms with Gasteiger partial charge in [-0.1, -0.05) is 0 Å². The van der Waals surface area contributed by atoms with Gasteiger partial charge in [-0.25, -0.2) is 13.8 Å². The van der Waals surface area contributed by atoms with Crippen molar-refractivity contribution >= 4 is 22.8 Å². The predicted molar refractivity (Wildman–Crippen MR) is 89.5 cm³/mol. The topological polar surface area (TPSA) is 108 Å². The van der Waals surface area contributed by atoms with Crippen molar-refractivity contribution in [2.45, 2.75) is 18.6 Å². The molecule has 1 aromatic carbocycles. The molecule has 1 saturated heterocycles. The maximum absolute atomic E-state index is 14.3. The van der Waals surface area contributed by atoms with E-state index >= 15 is 0 Å². The highest BCUT2D eigenvalue weighted by Crippen LogP contribution is 2.39. The summed E-state index contributed by atoms with van der Waals surface area (Å²) < 4.78 is 27.9. The second-order valence-electron chi connectivity index (χ2n) is 6.26. The summed E-state index contributed by atoms with van der Waals surface area (Å²) in [6.07, 6.45) is 0.814. The number of primary amides is 1. The van der Waals surface area contributed by atoms with E-state index in [0.29, 0.717) is 16.9 Å². The predicted octanol–water partition coefficient (Wildman–Crippen LogP) is 1.65. The number of hydrogen-bond acceptors (Lipinski definition) is 5. The quantitative estimate of drug-likeness (QED) is 0.659. The van der Waals surface area contributed by atoms with Crippen molar-refractivity contribution in [3.63, 3.8) is 0 Å². The summed E-state index contributed by atoms with van der Waals surface area (Å²) in [5, 5.41) is 17.6. The average molecular weight is 359 g/mol. The molecule has 0 aliphatic carbocycles. The fourth-order valence-electron chi connectivity index (χ4n) is 3.36. The Kier molecular flexibility index (Phi) is 3.80. The van der Waals surface area contributed by atoms with Crippen LogP contribution >= 0.6 is 0 Å². The number of aliphatic hydroxyl groups is 1. The molecule has 1 unspecified atom stereocenters. The first-order chi connectivity index (χ1) is 12.4. The van der Waals surface area contributed by atoms with Crippen LogP contribution in [-0.2, 0) is 0 Å². The Bertz CT molecular complexity index is 1010. The molecule has 2 aromatic heterocycles. The third kappa shape index (κ3) is 2.66. The molecule has 0 spiro atoms. The van der Waals surface area contributed by atoms with Crippen LogP contribution < -0.4 is 10.6 Å². The molecule has 9 heteroatoms. The van der Waals surface area contributed by atoms with Crippen molar-refractivity contribution in [2.75, 3.05) is 11.4 Å². The lowest BCUT2D eigenvalue weighted by atomic mass is 10.0. The molecule has 0 bridgehead atoms. The first-order valence-corrected chi connectivity index (χ1v) is 7.97. The highest BCUT2D eigenvalue weighted by atomic mass is 19.1. The summed E-state index contributed by atoms with van der Waals surface area (Å²) >= 11 is 0. The number of carbonyl (C=O) groups excluding carboxylic acids is 1. The number of nitrogens with two attached hydrogens (primary N) is 1. The van der Waals surface area contributed by atoms with Crippen molar-refractivity contribution in [3.8, 4) is 0 Å². The van der Waals surface area contributed by atoms with Gasteiger partial charge in [0.1, 0.15) is 11.6 Å². The number of nitrogens with one attached hydrogen (secondary N) is 1. The van der Waals surface area contributed by atoms with Crippen LogP contribution in [0.3, 0.4) is 0 Å². The van der Waals surface area contributed by atoms with E-state index in [4.69, 9.17) is 5.73 Å². The van der Waals surface area contributed by atoms with Crippen LogP contribution in [0.2, 0.25) is 0 Å². The molecular weight excluding hydrogens is 344 g/mol. The second-order valence-corrected chi connectivity index (χ2v) is 6.26. The third-order valence-corrected chi connectivity index (χ3v) is 4.55. The molecule has 1 fully saturated rings. The Labute approximate surface area is 146 Å². The minimum atomic E-state index is -0.735. The molecule has 0 saturated carbocycles. The first-order valence-electron chi connectivity index (χ1n) is 7.97. The van der Waals surface area contributed by atoms with Crippen molar-refractivity contribution in [2.24, 2.45) is 5.73 Å². The first kappa shape index (κ1) is 16.4. The van der Waals surface area contributed by atoms with E-state index in [9.17, 15) is 18.7 Å². The van der Waals surface area contributed by atoms with E-state index in [1.54, 1.807) is 4.90 Å². The Morgan fingerprint density at radius 3 is 2.92 bits per heavy atom. The van der Waals surface area contributed by atoms with Gasteiger partial charge in [-0.3, -0.25) is 9.89 Å². The smallest absolute Gasteiger partial charge is 0.250 e. The highest BCUT2D eigenvalue weighted by molar-refractivity contribution is 5.98. The molecule has 26 heavy (non-hydrogen) atoms. The van der Waals surface area contributed by atoms with Gasteiger partial charge in [0, 0.05) is 18.3 Å². The molecule has 4 N–H and O–H groups in total. The number of amides is 1. The number of hydrogen-bond donors (Lipinski definition) is 3. The van der Waals surface area contributed by atoms with E-state index in [1.807, 2.05) is 0 Å². The number of rotatable bonds is 3.